The maximum atomic E-state index is 11.8. The third kappa shape index (κ3) is 5.42. The highest BCUT2D eigenvalue weighted by atomic mass is 16.6. The molecule has 1 heterocycles. The van der Waals surface area contributed by atoms with Crippen LogP contribution in [0.4, 0.5) is 5.82 Å². The Kier molecular flexibility index (Phi) is 5.30. The molecule has 6 heteroatoms. The summed E-state index contributed by atoms with van der Waals surface area (Å²) in [7, 11) is 0. The third-order valence-corrected chi connectivity index (χ3v) is 2.40. The van der Waals surface area contributed by atoms with E-state index in [2.05, 4.69) is 10.4 Å². The number of amides is 1. The summed E-state index contributed by atoms with van der Waals surface area (Å²) >= 11 is 0. The van der Waals surface area contributed by atoms with Gasteiger partial charge in [0.2, 0.25) is 5.91 Å². The van der Waals surface area contributed by atoms with Gasteiger partial charge in [-0.25, -0.2) is 4.68 Å². The molecule has 0 aliphatic heterocycles. The summed E-state index contributed by atoms with van der Waals surface area (Å²) in [6.45, 7) is 9.34. The van der Waals surface area contributed by atoms with Crippen LogP contribution in [0.2, 0.25) is 0 Å². The molecular formula is C14H23N3O3. The molecule has 1 aromatic rings. The highest BCUT2D eigenvalue weighted by molar-refractivity contribution is 5.91. The summed E-state index contributed by atoms with van der Waals surface area (Å²) in [4.78, 5) is 23.3. The Labute approximate surface area is 119 Å². The van der Waals surface area contributed by atoms with Gasteiger partial charge in [-0.05, 0) is 34.6 Å². The zero-order valence-electron chi connectivity index (χ0n) is 12.8. The Balaban J connectivity index is 2.45. The first-order chi connectivity index (χ1) is 9.19. The van der Waals surface area contributed by atoms with E-state index in [0.717, 1.165) is 0 Å². The van der Waals surface area contributed by atoms with Crippen molar-refractivity contribution in [2.24, 2.45) is 0 Å². The molecule has 0 aliphatic carbocycles. The van der Waals surface area contributed by atoms with Crippen molar-refractivity contribution in [3.8, 4) is 0 Å². The van der Waals surface area contributed by atoms with E-state index < -0.39 is 5.60 Å². The number of aromatic nitrogens is 2. The van der Waals surface area contributed by atoms with E-state index in [9.17, 15) is 9.59 Å². The molecule has 0 aliphatic rings. The molecule has 0 spiro atoms. The van der Waals surface area contributed by atoms with Gasteiger partial charge in [0.25, 0.3) is 0 Å². The second-order valence-electron chi connectivity index (χ2n) is 5.89. The summed E-state index contributed by atoms with van der Waals surface area (Å²) in [5, 5.41) is 6.87. The van der Waals surface area contributed by atoms with Gasteiger partial charge in [0, 0.05) is 18.5 Å². The fourth-order valence-electron chi connectivity index (χ4n) is 1.64. The molecule has 0 saturated heterocycles. The fraction of sp³-hybridized carbons (Fsp3) is 0.643. The van der Waals surface area contributed by atoms with Gasteiger partial charge in [-0.15, -0.1) is 0 Å². The van der Waals surface area contributed by atoms with Crippen molar-refractivity contribution in [2.75, 3.05) is 5.32 Å². The van der Waals surface area contributed by atoms with Gasteiger partial charge in [-0.3, -0.25) is 9.59 Å². The summed E-state index contributed by atoms with van der Waals surface area (Å²) in [5.74, 6) is 0.0393. The van der Waals surface area contributed by atoms with Crippen molar-refractivity contribution in [3.05, 3.63) is 12.3 Å². The summed E-state index contributed by atoms with van der Waals surface area (Å²) in [5.41, 5.74) is -0.524. The van der Waals surface area contributed by atoms with E-state index in [1.54, 1.807) is 37.7 Å². The van der Waals surface area contributed by atoms with Crippen LogP contribution in [-0.4, -0.2) is 27.3 Å². The van der Waals surface area contributed by atoms with Crippen LogP contribution < -0.4 is 5.32 Å². The first-order valence-corrected chi connectivity index (χ1v) is 6.74. The molecule has 1 aromatic heterocycles. The largest absolute Gasteiger partial charge is 0.460 e. The number of nitrogens with zero attached hydrogens (tertiary/aromatic N) is 2. The van der Waals surface area contributed by atoms with Crippen molar-refractivity contribution < 1.29 is 14.3 Å². The number of esters is 1. The van der Waals surface area contributed by atoms with Crippen LogP contribution >= 0.6 is 0 Å². The topological polar surface area (TPSA) is 73.2 Å². The van der Waals surface area contributed by atoms with E-state index in [0.29, 0.717) is 5.82 Å². The molecule has 0 unspecified atom stereocenters. The van der Waals surface area contributed by atoms with Gasteiger partial charge in [-0.2, -0.15) is 5.10 Å². The minimum Gasteiger partial charge on any atom is -0.460 e. The normalized spacial score (nSPS) is 11.5. The number of hydrogen-bond acceptors (Lipinski definition) is 4. The zero-order valence-corrected chi connectivity index (χ0v) is 12.8. The molecule has 112 valence electrons. The smallest absolute Gasteiger partial charge is 0.306 e. The standard InChI is InChI=1S/C14H23N3O3/c1-10(2)17-11(8-9-15-17)16-12(18)6-7-13(19)20-14(3,4)5/h8-10H,6-7H2,1-5H3,(H,16,18). The molecule has 0 saturated carbocycles. The lowest BCUT2D eigenvalue weighted by molar-refractivity contribution is -0.155. The molecule has 1 N–H and O–H groups in total. The van der Waals surface area contributed by atoms with Crippen LogP contribution in [0.15, 0.2) is 12.3 Å². The average Bonchev–Trinajstić information content (AvgIpc) is 2.72. The van der Waals surface area contributed by atoms with Crippen molar-refractivity contribution >= 4 is 17.7 Å². The number of carbonyl (C=O) groups excluding carboxylic acids is 2. The SMILES string of the molecule is CC(C)n1nccc1NC(=O)CCC(=O)OC(C)(C)C. The summed E-state index contributed by atoms with van der Waals surface area (Å²) in [6.07, 6.45) is 1.79. The van der Waals surface area contributed by atoms with Crippen molar-refractivity contribution in [1.82, 2.24) is 9.78 Å². The van der Waals surface area contributed by atoms with Gasteiger partial charge < -0.3 is 10.1 Å². The van der Waals surface area contributed by atoms with E-state index in [-0.39, 0.29) is 30.8 Å². The minimum absolute atomic E-state index is 0.0684. The molecule has 1 amide bonds. The molecular weight excluding hydrogens is 258 g/mol. The zero-order chi connectivity index (χ0) is 15.3. The Morgan fingerprint density at radius 1 is 1.35 bits per heavy atom. The Hall–Kier alpha value is -1.85. The van der Waals surface area contributed by atoms with E-state index >= 15 is 0 Å². The van der Waals surface area contributed by atoms with Gasteiger partial charge in [0.15, 0.2) is 0 Å². The number of anilines is 1. The third-order valence-electron chi connectivity index (χ3n) is 2.40. The molecule has 0 atom stereocenters. The minimum atomic E-state index is -0.524. The number of rotatable bonds is 5. The van der Waals surface area contributed by atoms with Gasteiger partial charge >= 0.3 is 5.97 Å². The van der Waals surface area contributed by atoms with Crippen LogP contribution in [0.25, 0.3) is 0 Å². The van der Waals surface area contributed by atoms with Crippen LogP contribution in [-0.2, 0) is 14.3 Å². The molecule has 6 nitrogen and oxygen atoms in total. The molecule has 0 bridgehead atoms. The van der Waals surface area contributed by atoms with Crippen molar-refractivity contribution in [3.63, 3.8) is 0 Å². The van der Waals surface area contributed by atoms with Crippen LogP contribution in [0, 0.1) is 0 Å². The predicted octanol–water partition coefficient (Wildman–Crippen LogP) is 2.52. The molecule has 20 heavy (non-hydrogen) atoms. The molecule has 1 rings (SSSR count). The average molecular weight is 281 g/mol. The second-order valence-corrected chi connectivity index (χ2v) is 5.89. The number of nitrogens with one attached hydrogen (secondary N) is 1. The monoisotopic (exact) mass is 281 g/mol. The summed E-state index contributed by atoms with van der Waals surface area (Å²) in [6, 6.07) is 1.89. The molecule has 0 radical (unpaired) electrons. The molecule has 0 aromatic carbocycles. The first-order valence-electron chi connectivity index (χ1n) is 6.74. The van der Waals surface area contributed by atoms with Crippen LogP contribution in [0.3, 0.4) is 0 Å². The fourth-order valence-corrected chi connectivity index (χ4v) is 1.64. The lowest BCUT2D eigenvalue weighted by Crippen LogP contribution is -2.25. The first kappa shape index (κ1) is 16.2. The number of hydrogen-bond donors (Lipinski definition) is 1. The quantitative estimate of drug-likeness (QED) is 0.842. The predicted molar refractivity (Wildman–Crippen MR) is 76.3 cm³/mol. The maximum absolute atomic E-state index is 11.8. The second kappa shape index (κ2) is 6.54. The lowest BCUT2D eigenvalue weighted by atomic mass is 10.2. The van der Waals surface area contributed by atoms with E-state index in [4.69, 9.17) is 4.74 Å². The van der Waals surface area contributed by atoms with Crippen LogP contribution in [0.1, 0.15) is 53.5 Å². The van der Waals surface area contributed by atoms with E-state index in [1.807, 2.05) is 13.8 Å². The highest BCUT2D eigenvalue weighted by Crippen LogP contribution is 2.14. The van der Waals surface area contributed by atoms with E-state index in [1.165, 1.54) is 0 Å². The lowest BCUT2D eigenvalue weighted by Gasteiger charge is -2.19. The summed E-state index contributed by atoms with van der Waals surface area (Å²) < 4.78 is 6.86. The molecule has 0 fully saturated rings. The Morgan fingerprint density at radius 3 is 2.55 bits per heavy atom. The van der Waals surface area contributed by atoms with Crippen molar-refractivity contribution in [1.29, 1.82) is 0 Å². The highest BCUT2D eigenvalue weighted by Gasteiger charge is 2.17. The van der Waals surface area contributed by atoms with Crippen molar-refractivity contribution in [2.45, 2.75) is 59.1 Å². The maximum Gasteiger partial charge on any atom is 0.306 e. The van der Waals surface area contributed by atoms with Gasteiger partial charge in [-0.1, -0.05) is 0 Å². The Morgan fingerprint density at radius 2 is 2.00 bits per heavy atom. The Bertz CT molecular complexity index is 472. The van der Waals surface area contributed by atoms with Gasteiger partial charge in [0.1, 0.15) is 11.4 Å². The van der Waals surface area contributed by atoms with Crippen LogP contribution in [0.5, 0.6) is 0 Å². The van der Waals surface area contributed by atoms with Gasteiger partial charge in [0.05, 0.1) is 12.6 Å². The number of ether oxygens (including phenoxy) is 1. The number of carbonyl (C=O) groups is 2.